The van der Waals surface area contributed by atoms with Crippen LogP contribution >= 0.6 is 0 Å². The fourth-order valence-electron chi connectivity index (χ4n) is 2.83. The van der Waals surface area contributed by atoms with Gasteiger partial charge < -0.3 is 19.5 Å². The first-order chi connectivity index (χ1) is 11.8. The van der Waals surface area contributed by atoms with Crippen LogP contribution in [-0.2, 0) is 13.1 Å². The lowest BCUT2D eigenvalue weighted by Gasteiger charge is -2.19. The van der Waals surface area contributed by atoms with Crippen LogP contribution in [0.2, 0.25) is 0 Å². The highest BCUT2D eigenvalue weighted by Crippen LogP contribution is 2.33. The van der Waals surface area contributed by atoms with Crippen LogP contribution in [0.15, 0.2) is 30.7 Å². The highest BCUT2D eigenvalue weighted by Gasteiger charge is 2.16. The van der Waals surface area contributed by atoms with Gasteiger partial charge in [0.25, 0.3) is 0 Å². The number of aliphatic hydroxyl groups is 1. The second-order valence-corrected chi connectivity index (χ2v) is 5.57. The maximum absolute atomic E-state index is 9.11. The first kappa shape index (κ1) is 14.7. The van der Waals surface area contributed by atoms with Gasteiger partial charge in [-0.1, -0.05) is 6.07 Å². The number of fused-ring (bicyclic) bond motifs is 2. The number of benzene rings is 1. The number of hydrogen-bond acceptors (Lipinski definition) is 7. The van der Waals surface area contributed by atoms with Gasteiger partial charge in [0.15, 0.2) is 17.1 Å². The summed E-state index contributed by atoms with van der Waals surface area (Å²) in [6, 6.07) is 5.91. The van der Waals surface area contributed by atoms with Crippen molar-refractivity contribution in [1.82, 2.24) is 19.7 Å². The molecule has 3 heterocycles. The Bertz CT molecular complexity index is 879. The summed E-state index contributed by atoms with van der Waals surface area (Å²) in [6.45, 7) is 1.36. The predicted octanol–water partition coefficient (Wildman–Crippen LogP) is 1.18. The van der Waals surface area contributed by atoms with Crippen LogP contribution in [0, 0.1) is 0 Å². The largest absolute Gasteiger partial charge is 0.454 e. The maximum atomic E-state index is 9.11. The van der Waals surface area contributed by atoms with Crippen molar-refractivity contribution in [3.05, 3.63) is 36.3 Å². The molecule has 8 nitrogen and oxygen atoms in total. The molecule has 1 aliphatic heterocycles. The Labute approximate surface area is 138 Å². The molecule has 1 aromatic carbocycles. The topological polar surface area (TPSA) is 85.5 Å². The van der Waals surface area contributed by atoms with Crippen molar-refractivity contribution >= 4 is 16.9 Å². The highest BCUT2D eigenvalue weighted by atomic mass is 16.7. The van der Waals surface area contributed by atoms with Crippen molar-refractivity contribution in [3.8, 4) is 11.5 Å². The van der Waals surface area contributed by atoms with Crippen molar-refractivity contribution in [2.45, 2.75) is 13.1 Å². The molecule has 0 atom stereocenters. The number of aliphatic hydroxyl groups excluding tert-OH is 1. The van der Waals surface area contributed by atoms with Gasteiger partial charge in [0.1, 0.15) is 12.1 Å². The molecule has 124 valence electrons. The van der Waals surface area contributed by atoms with Crippen LogP contribution in [0.3, 0.4) is 0 Å². The van der Waals surface area contributed by atoms with Crippen LogP contribution < -0.4 is 14.4 Å². The van der Waals surface area contributed by atoms with Crippen molar-refractivity contribution in [2.24, 2.45) is 0 Å². The Hall–Kier alpha value is -2.87. The average Bonchev–Trinajstić information content (AvgIpc) is 3.21. The van der Waals surface area contributed by atoms with Crippen LogP contribution in [-0.4, -0.2) is 45.3 Å². The Balaban J connectivity index is 1.62. The number of nitrogens with zero attached hydrogens (tertiary/aromatic N) is 5. The SMILES string of the molecule is CN(Cc1ccc2c(c1)OCO2)c1ncnc2c1cnn2CCO. The lowest BCUT2D eigenvalue weighted by atomic mass is 10.2. The monoisotopic (exact) mass is 327 g/mol. The second-order valence-electron chi connectivity index (χ2n) is 5.57. The number of aromatic nitrogens is 4. The zero-order valence-electron chi connectivity index (χ0n) is 13.2. The summed E-state index contributed by atoms with van der Waals surface area (Å²) < 4.78 is 12.4. The molecule has 2 aromatic heterocycles. The third-order valence-corrected chi connectivity index (χ3v) is 3.94. The summed E-state index contributed by atoms with van der Waals surface area (Å²) in [5.41, 5.74) is 1.81. The van der Waals surface area contributed by atoms with Gasteiger partial charge in [0.2, 0.25) is 6.79 Å². The van der Waals surface area contributed by atoms with E-state index >= 15 is 0 Å². The summed E-state index contributed by atoms with van der Waals surface area (Å²) in [6.07, 6.45) is 3.25. The van der Waals surface area contributed by atoms with Gasteiger partial charge in [-0.05, 0) is 17.7 Å². The molecule has 4 rings (SSSR count). The second kappa shape index (κ2) is 5.97. The summed E-state index contributed by atoms with van der Waals surface area (Å²) in [5.74, 6) is 2.34. The Morgan fingerprint density at radius 2 is 2.12 bits per heavy atom. The van der Waals surface area contributed by atoms with Crippen LogP contribution in [0.5, 0.6) is 11.5 Å². The minimum Gasteiger partial charge on any atom is -0.454 e. The van der Waals surface area contributed by atoms with E-state index in [-0.39, 0.29) is 13.4 Å². The van der Waals surface area contributed by atoms with E-state index in [1.165, 1.54) is 6.33 Å². The summed E-state index contributed by atoms with van der Waals surface area (Å²) in [7, 11) is 1.97. The van der Waals surface area contributed by atoms with Gasteiger partial charge >= 0.3 is 0 Å². The van der Waals surface area contributed by atoms with E-state index in [1.807, 2.05) is 30.1 Å². The fourth-order valence-corrected chi connectivity index (χ4v) is 2.83. The van der Waals surface area contributed by atoms with E-state index in [2.05, 4.69) is 15.1 Å². The van der Waals surface area contributed by atoms with E-state index in [1.54, 1.807) is 10.9 Å². The van der Waals surface area contributed by atoms with E-state index in [4.69, 9.17) is 14.6 Å². The number of rotatable bonds is 5. The van der Waals surface area contributed by atoms with Crippen molar-refractivity contribution in [2.75, 3.05) is 25.3 Å². The molecule has 24 heavy (non-hydrogen) atoms. The van der Waals surface area contributed by atoms with Gasteiger partial charge in [-0.15, -0.1) is 0 Å². The standard InChI is InChI=1S/C16H17N5O3/c1-20(8-11-2-3-13-14(6-11)24-10-23-13)15-12-7-19-21(4-5-22)16(12)18-9-17-15/h2-3,6-7,9,22H,4-5,8,10H2,1H3. The first-order valence-corrected chi connectivity index (χ1v) is 7.63. The van der Waals surface area contributed by atoms with Gasteiger partial charge in [-0.3, -0.25) is 0 Å². The van der Waals surface area contributed by atoms with E-state index in [0.717, 1.165) is 28.3 Å². The molecule has 0 fully saturated rings. The Morgan fingerprint density at radius 3 is 3.00 bits per heavy atom. The van der Waals surface area contributed by atoms with E-state index in [9.17, 15) is 0 Å². The molecule has 1 N–H and O–H groups in total. The molecule has 3 aromatic rings. The molecular formula is C16H17N5O3. The molecule has 1 aliphatic rings. The molecule has 0 saturated heterocycles. The first-order valence-electron chi connectivity index (χ1n) is 7.63. The van der Waals surface area contributed by atoms with Gasteiger partial charge in [0, 0.05) is 13.6 Å². The van der Waals surface area contributed by atoms with E-state index in [0.29, 0.717) is 18.7 Å². The number of ether oxygens (including phenoxy) is 2. The molecule has 8 heteroatoms. The lowest BCUT2D eigenvalue weighted by molar-refractivity contribution is 0.174. The van der Waals surface area contributed by atoms with Gasteiger partial charge in [-0.2, -0.15) is 5.10 Å². The van der Waals surface area contributed by atoms with Gasteiger partial charge in [-0.25, -0.2) is 14.6 Å². The molecule has 0 unspecified atom stereocenters. The molecular weight excluding hydrogens is 310 g/mol. The average molecular weight is 327 g/mol. The fraction of sp³-hybridized carbons (Fsp3) is 0.312. The molecule has 0 radical (unpaired) electrons. The Kier molecular flexibility index (Phi) is 3.66. The van der Waals surface area contributed by atoms with Crippen molar-refractivity contribution < 1.29 is 14.6 Å². The lowest BCUT2D eigenvalue weighted by Crippen LogP contribution is -2.18. The third-order valence-electron chi connectivity index (χ3n) is 3.94. The molecule has 0 bridgehead atoms. The van der Waals surface area contributed by atoms with Crippen molar-refractivity contribution in [1.29, 1.82) is 0 Å². The highest BCUT2D eigenvalue weighted by molar-refractivity contribution is 5.86. The van der Waals surface area contributed by atoms with E-state index < -0.39 is 0 Å². The number of hydrogen-bond donors (Lipinski definition) is 1. The third kappa shape index (κ3) is 2.50. The number of anilines is 1. The normalized spacial score (nSPS) is 12.8. The molecule has 0 aliphatic carbocycles. The minimum atomic E-state index is 0.0170. The summed E-state index contributed by atoms with van der Waals surface area (Å²) in [4.78, 5) is 10.7. The van der Waals surface area contributed by atoms with Crippen molar-refractivity contribution in [3.63, 3.8) is 0 Å². The molecule has 0 saturated carbocycles. The molecule has 0 spiro atoms. The predicted molar refractivity (Wildman–Crippen MR) is 87.1 cm³/mol. The van der Waals surface area contributed by atoms with Crippen LogP contribution in [0.1, 0.15) is 5.56 Å². The van der Waals surface area contributed by atoms with Crippen LogP contribution in [0.4, 0.5) is 5.82 Å². The van der Waals surface area contributed by atoms with Crippen LogP contribution in [0.25, 0.3) is 11.0 Å². The summed E-state index contributed by atoms with van der Waals surface area (Å²) in [5, 5.41) is 14.2. The zero-order valence-corrected chi connectivity index (χ0v) is 13.2. The zero-order chi connectivity index (χ0) is 16.5. The summed E-state index contributed by atoms with van der Waals surface area (Å²) >= 11 is 0. The quantitative estimate of drug-likeness (QED) is 0.753. The Morgan fingerprint density at radius 1 is 1.25 bits per heavy atom. The minimum absolute atomic E-state index is 0.0170. The maximum Gasteiger partial charge on any atom is 0.231 e. The molecule has 0 amide bonds. The smallest absolute Gasteiger partial charge is 0.231 e. The van der Waals surface area contributed by atoms with Gasteiger partial charge in [0.05, 0.1) is 24.7 Å².